The molecule has 0 unspecified atom stereocenters. The van der Waals surface area contributed by atoms with Gasteiger partial charge in [-0.1, -0.05) is 12.1 Å². The Hall–Kier alpha value is -1.59. The van der Waals surface area contributed by atoms with Crippen molar-refractivity contribution in [3.63, 3.8) is 0 Å². The zero-order valence-corrected chi connectivity index (χ0v) is 12.8. The van der Waals surface area contributed by atoms with E-state index in [0.717, 1.165) is 69.0 Å². The number of nitrogens with zero attached hydrogens (tertiary/aromatic N) is 2. The maximum atomic E-state index is 6.24. The Morgan fingerprint density at radius 1 is 1.05 bits per heavy atom. The molecule has 0 bridgehead atoms. The van der Waals surface area contributed by atoms with Crippen LogP contribution in [0.15, 0.2) is 24.3 Å². The first kappa shape index (κ1) is 14.0. The van der Waals surface area contributed by atoms with E-state index in [-0.39, 0.29) is 0 Å². The number of nitrogens with one attached hydrogen (secondary N) is 1. The van der Waals surface area contributed by atoms with Crippen LogP contribution in [0.1, 0.15) is 25.7 Å². The predicted octanol–water partition coefficient (Wildman–Crippen LogP) is 2.73. The monoisotopic (exact) mass is 301 g/mol. The maximum Gasteiger partial charge on any atom is 0.203 e. The number of hydrogen-bond donors (Lipinski definition) is 1. The van der Waals surface area contributed by atoms with Crippen LogP contribution in [0.4, 0.5) is 5.95 Å². The van der Waals surface area contributed by atoms with Crippen molar-refractivity contribution in [2.24, 2.45) is 0 Å². The average Bonchev–Trinajstić information content (AvgIpc) is 3.00. The highest BCUT2D eigenvalue weighted by atomic mass is 16.5. The fraction of sp³-hybridized carbons (Fsp3) is 0.588. The predicted molar refractivity (Wildman–Crippen MR) is 86.3 cm³/mol. The van der Waals surface area contributed by atoms with Gasteiger partial charge in [0, 0.05) is 26.3 Å². The van der Waals surface area contributed by atoms with Crippen molar-refractivity contribution in [1.82, 2.24) is 9.97 Å². The summed E-state index contributed by atoms with van der Waals surface area (Å²) in [5, 5.41) is 0. The number of anilines is 1. The highest BCUT2D eigenvalue weighted by Crippen LogP contribution is 2.24. The topological polar surface area (TPSA) is 50.4 Å². The fourth-order valence-electron chi connectivity index (χ4n) is 3.38. The Labute approximate surface area is 130 Å². The summed E-state index contributed by atoms with van der Waals surface area (Å²) in [6.45, 7) is 3.71. The van der Waals surface area contributed by atoms with Gasteiger partial charge < -0.3 is 19.4 Å². The lowest BCUT2D eigenvalue weighted by atomic mass is 10.1. The molecular formula is C17H23N3O2. The highest BCUT2D eigenvalue weighted by Gasteiger charge is 2.25. The largest absolute Gasteiger partial charge is 0.381 e. The van der Waals surface area contributed by atoms with Gasteiger partial charge in [-0.25, -0.2) is 4.98 Å². The molecule has 0 radical (unpaired) electrons. The van der Waals surface area contributed by atoms with Crippen LogP contribution in [-0.4, -0.2) is 48.5 Å². The zero-order chi connectivity index (χ0) is 14.8. The summed E-state index contributed by atoms with van der Waals surface area (Å²) < 4.78 is 11.6. The molecule has 4 rings (SSSR count). The number of imidazole rings is 1. The SMILES string of the molecule is c1ccc2[nH]c(N3CCC(OC4CCOCC4)CC3)nc2c1. The van der Waals surface area contributed by atoms with Crippen LogP contribution in [0.3, 0.4) is 0 Å². The molecule has 3 heterocycles. The van der Waals surface area contributed by atoms with Gasteiger partial charge in [0.2, 0.25) is 5.95 Å². The molecule has 0 atom stereocenters. The normalized spacial score (nSPS) is 21.5. The first-order valence-electron chi connectivity index (χ1n) is 8.31. The molecule has 22 heavy (non-hydrogen) atoms. The van der Waals surface area contributed by atoms with E-state index in [1.807, 2.05) is 12.1 Å². The van der Waals surface area contributed by atoms with Crippen molar-refractivity contribution >= 4 is 17.0 Å². The van der Waals surface area contributed by atoms with Gasteiger partial charge in [-0.15, -0.1) is 0 Å². The number of hydrogen-bond acceptors (Lipinski definition) is 4. The van der Waals surface area contributed by atoms with Gasteiger partial charge in [-0.05, 0) is 37.8 Å². The van der Waals surface area contributed by atoms with E-state index in [1.54, 1.807) is 0 Å². The first-order chi connectivity index (χ1) is 10.9. The van der Waals surface area contributed by atoms with Gasteiger partial charge in [0.1, 0.15) is 0 Å². The summed E-state index contributed by atoms with van der Waals surface area (Å²) in [5.41, 5.74) is 2.15. The van der Waals surface area contributed by atoms with Crippen LogP contribution in [0.2, 0.25) is 0 Å². The molecule has 1 aromatic carbocycles. The van der Waals surface area contributed by atoms with Gasteiger partial charge in [0.05, 0.1) is 23.2 Å². The van der Waals surface area contributed by atoms with Crippen LogP contribution in [0.5, 0.6) is 0 Å². The van der Waals surface area contributed by atoms with Crippen molar-refractivity contribution in [3.05, 3.63) is 24.3 Å². The van der Waals surface area contributed by atoms with E-state index >= 15 is 0 Å². The van der Waals surface area contributed by atoms with Crippen molar-refractivity contribution in [2.75, 3.05) is 31.2 Å². The van der Waals surface area contributed by atoms with Gasteiger partial charge in [0.15, 0.2) is 0 Å². The standard InChI is InChI=1S/C17H23N3O2/c1-2-4-16-15(3-1)18-17(19-16)20-9-5-13(6-10-20)22-14-7-11-21-12-8-14/h1-4,13-14H,5-12H2,(H,18,19). The van der Waals surface area contributed by atoms with Crippen LogP contribution in [-0.2, 0) is 9.47 Å². The third-order valence-corrected chi connectivity index (χ3v) is 4.67. The molecule has 5 nitrogen and oxygen atoms in total. The molecule has 1 aromatic heterocycles. The Morgan fingerprint density at radius 2 is 1.77 bits per heavy atom. The van der Waals surface area contributed by atoms with Crippen LogP contribution in [0.25, 0.3) is 11.0 Å². The minimum absolute atomic E-state index is 0.392. The lowest BCUT2D eigenvalue weighted by Crippen LogP contribution is -2.39. The molecular weight excluding hydrogens is 278 g/mol. The molecule has 0 aliphatic carbocycles. The van der Waals surface area contributed by atoms with Crippen molar-refractivity contribution in [2.45, 2.75) is 37.9 Å². The smallest absolute Gasteiger partial charge is 0.203 e. The fourth-order valence-corrected chi connectivity index (χ4v) is 3.38. The Balaban J connectivity index is 1.35. The molecule has 0 spiro atoms. The minimum Gasteiger partial charge on any atom is -0.381 e. The summed E-state index contributed by atoms with van der Waals surface area (Å²) in [7, 11) is 0. The van der Waals surface area contributed by atoms with E-state index in [0.29, 0.717) is 12.2 Å². The number of piperidine rings is 1. The second kappa shape index (κ2) is 6.26. The van der Waals surface area contributed by atoms with Crippen LogP contribution < -0.4 is 4.90 Å². The molecule has 2 aliphatic rings. The maximum absolute atomic E-state index is 6.24. The number of aromatic nitrogens is 2. The number of fused-ring (bicyclic) bond motifs is 1. The summed E-state index contributed by atoms with van der Waals surface area (Å²) in [5.74, 6) is 0.991. The molecule has 2 fully saturated rings. The van der Waals surface area contributed by atoms with Gasteiger partial charge in [-0.3, -0.25) is 0 Å². The molecule has 0 saturated carbocycles. The third kappa shape index (κ3) is 2.96. The molecule has 0 amide bonds. The Kier molecular flexibility index (Phi) is 3.99. The summed E-state index contributed by atoms with van der Waals surface area (Å²) in [6.07, 6.45) is 5.04. The van der Waals surface area contributed by atoms with Crippen molar-refractivity contribution in [3.8, 4) is 0 Å². The van der Waals surface area contributed by atoms with Crippen molar-refractivity contribution < 1.29 is 9.47 Å². The molecule has 2 aliphatic heterocycles. The van der Waals surface area contributed by atoms with Gasteiger partial charge in [0.25, 0.3) is 0 Å². The molecule has 118 valence electrons. The van der Waals surface area contributed by atoms with E-state index in [2.05, 4.69) is 22.0 Å². The number of H-pyrrole nitrogens is 1. The third-order valence-electron chi connectivity index (χ3n) is 4.67. The zero-order valence-electron chi connectivity index (χ0n) is 12.8. The molecule has 5 heteroatoms. The average molecular weight is 301 g/mol. The lowest BCUT2D eigenvalue weighted by molar-refractivity contribution is -0.0744. The molecule has 1 N–H and O–H groups in total. The Morgan fingerprint density at radius 3 is 2.55 bits per heavy atom. The lowest BCUT2D eigenvalue weighted by Gasteiger charge is -2.34. The number of rotatable bonds is 3. The number of benzene rings is 1. The summed E-state index contributed by atoms with van der Waals surface area (Å²) in [4.78, 5) is 10.4. The van der Waals surface area contributed by atoms with Gasteiger partial charge >= 0.3 is 0 Å². The molecule has 2 aromatic rings. The summed E-state index contributed by atoms with van der Waals surface area (Å²) in [6, 6.07) is 8.20. The second-order valence-electron chi connectivity index (χ2n) is 6.21. The Bertz CT molecular complexity index is 580. The van der Waals surface area contributed by atoms with Crippen molar-refractivity contribution in [1.29, 1.82) is 0 Å². The number of para-hydroxylation sites is 2. The minimum atomic E-state index is 0.392. The van der Waals surface area contributed by atoms with Gasteiger partial charge in [-0.2, -0.15) is 0 Å². The number of aromatic amines is 1. The second-order valence-corrected chi connectivity index (χ2v) is 6.21. The van der Waals surface area contributed by atoms with E-state index < -0.39 is 0 Å². The number of ether oxygens (including phenoxy) is 2. The summed E-state index contributed by atoms with van der Waals surface area (Å²) >= 11 is 0. The van der Waals surface area contributed by atoms with E-state index in [9.17, 15) is 0 Å². The molecule has 2 saturated heterocycles. The first-order valence-corrected chi connectivity index (χ1v) is 8.31. The van der Waals surface area contributed by atoms with E-state index in [1.165, 1.54) is 0 Å². The van der Waals surface area contributed by atoms with Crippen LogP contribution in [0, 0.1) is 0 Å². The highest BCUT2D eigenvalue weighted by molar-refractivity contribution is 5.77. The van der Waals surface area contributed by atoms with Crippen LogP contribution >= 0.6 is 0 Å². The quantitative estimate of drug-likeness (QED) is 0.947. The van der Waals surface area contributed by atoms with E-state index in [4.69, 9.17) is 14.5 Å².